The molecule has 0 aliphatic rings. The van der Waals surface area contributed by atoms with Crippen LogP contribution in [0.5, 0.6) is 5.75 Å². The van der Waals surface area contributed by atoms with Crippen LogP contribution in [-0.2, 0) is 4.79 Å². The first-order valence-corrected chi connectivity index (χ1v) is 7.67. The number of urea groups is 1. The van der Waals surface area contributed by atoms with Crippen molar-refractivity contribution in [1.82, 2.24) is 5.43 Å². The summed E-state index contributed by atoms with van der Waals surface area (Å²) in [4.78, 5) is 22.6. The number of carbonyl (C=O) groups excluding carboxylic acids is 2. The minimum atomic E-state index is -0.786. The van der Waals surface area contributed by atoms with Crippen molar-refractivity contribution in [3.63, 3.8) is 0 Å². The maximum Gasteiger partial charge on any atom is 0.336 e. The Morgan fingerprint density at radius 3 is 2.62 bits per heavy atom. The van der Waals surface area contributed by atoms with Crippen molar-refractivity contribution in [2.75, 3.05) is 0 Å². The molecule has 0 atom stereocenters. The Morgan fingerprint density at radius 1 is 1.17 bits per heavy atom. The minimum absolute atomic E-state index is 0.302. The molecular formula is C17H14BrN3O3. The van der Waals surface area contributed by atoms with E-state index in [1.807, 2.05) is 30.3 Å². The van der Waals surface area contributed by atoms with E-state index in [1.54, 1.807) is 24.3 Å². The number of nitrogens with two attached hydrogens (primary N) is 1. The summed E-state index contributed by atoms with van der Waals surface area (Å²) in [6.45, 7) is 0. The lowest BCUT2D eigenvalue weighted by Gasteiger charge is -2.06. The van der Waals surface area contributed by atoms with Gasteiger partial charge in [0.1, 0.15) is 5.75 Å². The second-order valence-electron chi connectivity index (χ2n) is 4.58. The standard InChI is InChI=1S/C17H14BrN3O3/c18-14-7-8-15(13(10-14)11-20-21-17(19)23)24-16(22)9-6-12-4-2-1-3-5-12/h1-11H,(H3,19,21,23)/b9-6+,20-11+. The molecular weight excluding hydrogens is 374 g/mol. The number of primary amides is 1. The Morgan fingerprint density at radius 2 is 1.92 bits per heavy atom. The maximum absolute atomic E-state index is 11.9. The summed E-state index contributed by atoms with van der Waals surface area (Å²) in [5.74, 6) is -0.227. The average molecular weight is 388 g/mol. The molecule has 0 aliphatic heterocycles. The molecule has 0 unspecified atom stereocenters. The number of nitrogens with zero attached hydrogens (tertiary/aromatic N) is 1. The molecule has 7 heteroatoms. The number of hydrazone groups is 1. The van der Waals surface area contributed by atoms with Gasteiger partial charge in [0.15, 0.2) is 0 Å². The van der Waals surface area contributed by atoms with Gasteiger partial charge in [-0.3, -0.25) is 0 Å². The Balaban J connectivity index is 2.10. The Labute approximate surface area is 147 Å². The molecule has 0 aliphatic carbocycles. The molecule has 0 spiro atoms. The maximum atomic E-state index is 11.9. The summed E-state index contributed by atoms with van der Waals surface area (Å²) < 4.78 is 6.06. The van der Waals surface area contributed by atoms with E-state index in [9.17, 15) is 9.59 Å². The Bertz CT molecular complexity index is 789. The summed E-state index contributed by atoms with van der Waals surface area (Å²) >= 11 is 3.32. The number of rotatable bonds is 5. The number of esters is 1. The fraction of sp³-hybridized carbons (Fsp3) is 0. The van der Waals surface area contributed by atoms with Crippen molar-refractivity contribution >= 4 is 40.2 Å². The Hall–Kier alpha value is -2.93. The normalized spacial score (nSPS) is 10.9. The van der Waals surface area contributed by atoms with Crippen LogP contribution < -0.4 is 15.9 Å². The van der Waals surface area contributed by atoms with Crippen molar-refractivity contribution in [1.29, 1.82) is 0 Å². The molecule has 2 aromatic rings. The van der Waals surface area contributed by atoms with Crippen LogP contribution in [-0.4, -0.2) is 18.2 Å². The monoisotopic (exact) mass is 387 g/mol. The molecule has 0 bridgehead atoms. The van der Waals surface area contributed by atoms with Crippen LogP contribution in [0.3, 0.4) is 0 Å². The fourth-order valence-electron chi connectivity index (χ4n) is 1.75. The van der Waals surface area contributed by atoms with Gasteiger partial charge in [0, 0.05) is 16.1 Å². The largest absolute Gasteiger partial charge is 0.423 e. The van der Waals surface area contributed by atoms with Gasteiger partial charge in [-0.2, -0.15) is 5.10 Å². The quantitative estimate of drug-likeness (QED) is 0.271. The van der Waals surface area contributed by atoms with Crippen molar-refractivity contribution in [3.8, 4) is 5.75 Å². The van der Waals surface area contributed by atoms with Gasteiger partial charge in [0.05, 0.1) is 6.21 Å². The molecule has 2 amide bonds. The number of carbonyl (C=O) groups is 2. The lowest BCUT2D eigenvalue weighted by molar-refractivity contribution is -0.128. The van der Waals surface area contributed by atoms with Crippen LogP contribution in [0.25, 0.3) is 6.08 Å². The smallest absolute Gasteiger partial charge is 0.336 e. The molecule has 0 heterocycles. The molecule has 6 nitrogen and oxygen atoms in total. The van der Waals surface area contributed by atoms with Crippen LogP contribution in [0.2, 0.25) is 0 Å². The van der Waals surface area contributed by atoms with Crippen LogP contribution in [0.4, 0.5) is 4.79 Å². The third kappa shape index (κ3) is 5.69. The molecule has 2 aromatic carbocycles. The zero-order valence-electron chi connectivity index (χ0n) is 12.5. The number of ether oxygens (including phenoxy) is 1. The van der Waals surface area contributed by atoms with Crippen LogP contribution in [0.15, 0.2) is 64.2 Å². The number of nitrogens with one attached hydrogen (secondary N) is 1. The Kier molecular flexibility index (Phi) is 6.27. The minimum Gasteiger partial charge on any atom is -0.423 e. The zero-order valence-corrected chi connectivity index (χ0v) is 14.1. The van der Waals surface area contributed by atoms with Gasteiger partial charge in [0.2, 0.25) is 0 Å². The van der Waals surface area contributed by atoms with E-state index in [2.05, 4.69) is 26.5 Å². The summed E-state index contributed by atoms with van der Waals surface area (Å²) in [6.07, 6.45) is 4.32. The summed E-state index contributed by atoms with van der Waals surface area (Å²) in [7, 11) is 0. The van der Waals surface area contributed by atoms with Crippen molar-refractivity contribution in [2.45, 2.75) is 0 Å². The van der Waals surface area contributed by atoms with E-state index in [-0.39, 0.29) is 0 Å². The second-order valence-corrected chi connectivity index (χ2v) is 5.50. The number of hydrogen-bond donors (Lipinski definition) is 2. The number of halogens is 1. The molecule has 2 rings (SSSR count). The zero-order chi connectivity index (χ0) is 17.4. The van der Waals surface area contributed by atoms with E-state index >= 15 is 0 Å². The molecule has 122 valence electrons. The van der Waals surface area contributed by atoms with E-state index in [1.165, 1.54) is 12.3 Å². The van der Waals surface area contributed by atoms with Gasteiger partial charge in [-0.25, -0.2) is 15.0 Å². The predicted molar refractivity (Wildman–Crippen MR) is 95.6 cm³/mol. The van der Waals surface area contributed by atoms with Crippen molar-refractivity contribution in [3.05, 3.63) is 70.2 Å². The average Bonchev–Trinajstić information content (AvgIpc) is 2.56. The highest BCUT2D eigenvalue weighted by molar-refractivity contribution is 9.10. The predicted octanol–water partition coefficient (Wildman–Crippen LogP) is 3.07. The van der Waals surface area contributed by atoms with Gasteiger partial charge in [-0.15, -0.1) is 0 Å². The molecule has 3 N–H and O–H groups in total. The molecule has 0 radical (unpaired) electrons. The molecule has 0 saturated heterocycles. The first kappa shape index (κ1) is 17.4. The number of benzene rings is 2. The third-order valence-electron chi connectivity index (χ3n) is 2.77. The van der Waals surface area contributed by atoms with Gasteiger partial charge >= 0.3 is 12.0 Å². The molecule has 0 aromatic heterocycles. The highest BCUT2D eigenvalue weighted by Crippen LogP contribution is 2.22. The molecule has 0 fully saturated rings. The first-order valence-electron chi connectivity index (χ1n) is 6.87. The lowest BCUT2D eigenvalue weighted by Crippen LogP contribution is -2.24. The first-order chi connectivity index (χ1) is 11.5. The highest BCUT2D eigenvalue weighted by atomic mass is 79.9. The van der Waals surface area contributed by atoms with Gasteiger partial charge < -0.3 is 10.5 Å². The van der Waals surface area contributed by atoms with Crippen LogP contribution in [0, 0.1) is 0 Å². The summed E-state index contributed by atoms with van der Waals surface area (Å²) in [5.41, 5.74) is 8.40. The van der Waals surface area contributed by atoms with Crippen molar-refractivity contribution < 1.29 is 14.3 Å². The van der Waals surface area contributed by atoms with Crippen LogP contribution in [0.1, 0.15) is 11.1 Å². The molecule has 0 saturated carbocycles. The number of hydrogen-bond acceptors (Lipinski definition) is 4. The summed E-state index contributed by atoms with van der Waals surface area (Å²) in [5, 5.41) is 3.66. The third-order valence-corrected chi connectivity index (χ3v) is 3.27. The van der Waals surface area contributed by atoms with E-state index in [0.717, 1.165) is 10.0 Å². The van der Waals surface area contributed by atoms with Crippen molar-refractivity contribution in [2.24, 2.45) is 10.8 Å². The lowest BCUT2D eigenvalue weighted by atomic mass is 10.2. The number of amides is 2. The SMILES string of the molecule is NC(=O)N/N=C/c1cc(Br)ccc1OC(=O)/C=C/c1ccccc1. The second kappa shape index (κ2) is 8.64. The topological polar surface area (TPSA) is 93.8 Å². The fourth-order valence-corrected chi connectivity index (χ4v) is 2.13. The highest BCUT2D eigenvalue weighted by Gasteiger charge is 2.07. The van der Waals surface area contributed by atoms with Crippen LogP contribution >= 0.6 is 15.9 Å². The van der Waals surface area contributed by atoms with E-state index in [0.29, 0.717) is 11.3 Å². The van der Waals surface area contributed by atoms with Gasteiger partial charge in [-0.05, 0) is 29.8 Å². The van der Waals surface area contributed by atoms with Gasteiger partial charge in [0.25, 0.3) is 0 Å². The van der Waals surface area contributed by atoms with Gasteiger partial charge in [-0.1, -0.05) is 46.3 Å². The summed E-state index contributed by atoms with van der Waals surface area (Å²) in [6, 6.07) is 13.6. The molecule has 24 heavy (non-hydrogen) atoms. The van der Waals surface area contributed by atoms with E-state index < -0.39 is 12.0 Å². The van der Waals surface area contributed by atoms with E-state index in [4.69, 9.17) is 10.5 Å².